The minimum Gasteiger partial charge on any atom is -0.507 e. The first-order valence-corrected chi connectivity index (χ1v) is 9.91. The van der Waals surface area contributed by atoms with E-state index in [2.05, 4.69) is 51.1 Å². The molecule has 27 heavy (non-hydrogen) atoms. The van der Waals surface area contributed by atoms with E-state index in [1.54, 1.807) is 6.08 Å². The van der Waals surface area contributed by atoms with Gasteiger partial charge in [0.15, 0.2) is 5.78 Å². The molecule has 0 bridgehead atoms. The normalized spacial score (nSPS) is 11.9. The lowest BCUT2D eigenvalue weighted by atomic mass is 9.69. The number of ketones is 1. The minimum absolute atomic E-state index is 0.0878. The van der Waals surface area contributed by atoms with Crippen LogP contribution in [0, 0.1) is 20.8 Å². The zero-order valence-electron chi connectivity index (χ0n) is 17.5. The summed E-state index contributed by atoms with van der Waals surface area (Å²) in [6.07, 6.45) is 6.08. The van der Waals surface area contributed by atoms with Gasteiger partial charge in [-0.2, -0.15) is 0 Å². The molecule has 0 unspecified atom stereocenters. The number of phenolic OH excluding ortho intramolecular Hbond substituents is 1. The minimum atomic E-state index is -0.0878. The van der Waals surface area contributed by atoms with Gasteiger partial charge >= 0.3 is 0 Å². The summed E-state index contributed by atoms with van der Waals surface area (Å²) in [5, 5.41) is 10.2. The second-order valence-corrected chi connectivity index (χ2v) is 7.47. The molecule has 0 saturated heterocycles. The fraction of sp³-hybridized carbons (Fsp3) is 0.400. The Kier molecular flexibility index (Phi) is 6.64. The van der Waals surface area contributed by atoms with Gasteiger partial charge in [-0.15, -0.1) is 0 Å². The van der Waals surface area contributed by atoms with Crippen LogP contribution in [0.3, 0.4) is 0 Å². The Labute approximate surface area is 163 Å². The quantitative estimate of drug-likeness (QED) is 0.576. The topological polar surface area (TPSA) is 37.3 Å². The summed E-state index contributed by atoms with van der Waals surface area (Å²) in [4.78, 5) is 11.6. The molecule has 0 amide bonds. The first-order chi connectivity index (χ1) is 12.8. The molecule has 0 aliphatic rings. The van der Waals surface area contributed by atoms with Crippen molar-refractivity contribution in [1.29, 1.82) is 0 Å². The predicted molar refractivity (Wildman–Crippen MR) is 114 cm³/mol. The van der Waals surface area contributed by atoms with Crippen LogP contribution in [-0.2, 0) is 10.2 Å². The predicted octanol–water partition coefficient (Wildman–Crippen LogP) is 6.42. The van der Waals surface area contributed by atoms with E-state index >= 15 is 0 Å². The summed E-state index contributed by atoms with van der Waals surface area (Å²) < 4.78 is 0. The third kappa shape index (κ3) is 4.16. The molecule has 0 aliphatic heterocycles. The zero-order chi connectivity index (χ0) is 20.2. The van der Waals surface area contributed by atoms with Crippen molar-refractivity contribution < 1.29 is 9.90 Å². The van der Waals surface area contributed by atoms with E-state index in [0.29, 0.717) is 12.2 Å². The molecule has 2 nitrogen and oxygen atoms in total. The van der Waals surface area contributed by atoms with Gasteiger partial charge in [0.05, 0.1) is 0 Å². The van der Waals surface area contributed by atoms with E-state index in [9.17, 15) is 9.90 Å². The summed E-state index contributed by atoms with van der Waals surface area (Å²) in [6.45, 7) is 12.4. The van der Waals surface area contributed by atoms with Crippen molar-refractivity contribution in [2.24, 2.45) is 0 Å². The molecule has 2 aromatic rings. The molecule has 144 valence electrons. The fourth-order valence-electron chi connectivity index (χ4n) is 3.93. The van der Waals surface area contributed by atoms with E-state index in [-0.39, 0.29) is 11.2 Å². The number of aromatic hydroxyl groups is 1. The second-order valence-electron chi connectivity index (χ2n) is 7.47. The molecule has 0 aliphatic carbocycles. The van der Waals surface area contributed by atoms with Crippen LogP contribution >= 0.6 is 0 Å². The molecule has 0 atom stereocenters. The Morgan fingerprint density at radius 2 is 1.48 bits per heavy atom. The highest BCUT2D eigenvalue weighted by molar-refractivity contribution is 5.93. The van der Waals surface area contributed by atoms with Crippen molar-refractivity contribution in [3.8, 4) is 5.75 Å². The molecule has 0 aromatic heterocycles. The lowest BCUT2D eigenvalue weighted by molar-refractivity contribution is -0.114. The Morgan fingerprint density at radius 3 is 1.96 bits per heavy atom. The smallest absolute Gasteiger partial charge is 0.155 e. The summed E-state index contributed by atoms with van der Waals surface area (Å²) in [5.41, 5.74) is 6.55. The Balaban J connectivity index is 2.55. The van der Waals surface area contributed by atoms with E-state index in [1.165, 1.54) is 16.7 Å². The average Bonchev–Trinajstić information content (AvgIpc) is 2.66. The lowest BCUT2D eigenvalue weighted by Gasteiger charge is -2.34. The van der Waals surface area contributed by atoms with E-state index in [0.717, 1.165) is 29.5 Å². The molecule has 0 radical (unpaired) electrons. The van der Waals surface area contributed by atoms with Crippen LogP contribution in [0.5, 0.6) is 5.75 Å². The number of carbonyl (C=O) groups excluding carboxylic acids is 1. The molecular formula is C25H32O2. The van der Waals surface area contributed by atoms with Crippen LogP contribution < -0.4 is 0 Å². The monoisotopic (exact) mass is 364 g/mol. The SMILES string of the molecule is CCC(=O)C=Cc1ccc(C(CC)(CC)c2cc(C)c(O)c(C)c2)cc1C. The van der Waals surface area contributed by atoms with Crippen LogP contribution in [0.1, 0.15) is 73.4 Å². The highest BCUT2D eigenvalue weighted by Gasteiger charge is 2.31. The van der Waals surface area contributed by atoms with Gasteiger partial charge in [-0.1, -0.05) is 57.2 Å². The number of benzene rings is 2. The van der Waals surface area contributed by atoms with Gasteiger partial charge in [0.2, 0.25) is 0 Å². The van der Waals surface area contributed by atoms with E-state index in [4.69, 9.17) is 0 Å². The first kappa shape index (κ1) is 21.0. The molecule has 2 heteroatoms. The molecule has 2 rings (SSSR count). The van der Waals surface area contributed by atoms with Crippen molar-refractivity contribution in [3.63, 3.8) is 0 Å². The van der Waals surface area contributed by atoms with Gasteiger partial charge in [0.25, 0.3) is 0 Å². The standard InChI is InChI=1S/C25H32O2/c1-7-23(26)13-11-20-10-12-21(14-17(20)4)25(8-2,9-3)22-15-18(5)24(27)19(6)16-22/h10-16,27H,7-9H2,1-6H3. The number of hydrogen-bond acceptors (Lipinski definition) is 2. The molecular weight excluding hydrogens is 332 g/mol. The fourth-order valence-corrected chi connectivity index (χ4v) is 3.93. The number of hydrogen-bond donors (Lipinski definition) is 1. The van der Waals surface area contributed by atoms with Crippen molar-refractivity contribution in [2.45, 2.75) is 66.2 Å². The molecule has 2 aromatic carbocycles. The van der Waals surface area contributed by atoms with Crippen LogP contribution in [0.25, 0.3) is 6.08 Å². The Hall–Kier alpha value is -2.35. The highest BCUT2D eigenvalue weighted by atomic mass is 16.3. The maximum atomic E-state index is 11.6. The summed E-state index contributed by atoms with van der Waals surface area (Å²) in [5.74, 6) is 0.530. The third-order valence-electron chi connectivity index (χ3n) is 5.87. The summed E-state index contributed by atoms with van der Waals surface area (Å²) in [6, 6.07) is 10.8. The summed E-state index contributed by atoms with van der Waals surface area (Å²) >= 11 is 0. The second kappa shape index (κ2) is 8.56. The maximum absolute atomic E-state index is 11.6. The molecule has 0 heterocycles. The van der Waals surface area contributed by atoms with Crippen LogP contribution in [0.4, 0.5) is 0 Å². The number of rotatable bonds is 7. The maximum Gasteiger partial charge on any atom is 0.155 e. The van der Waals surface area contributed by atoms with Gasteiger partial charge in [-0.3, -0.25) is 4.79 Å². The number of allylic oxidation sites excluding steroid dienone is 1. The number of phenols is 1. The van der Waals surface area contributed by atoms with E-state index < -0.39 is 0 Å². The van der Waals surface area contributed by atoms with Crippen molar-refractivity contribution in [3.05, 3.63) is 69.8 Å². The molecule has 0 spiro atoms. The van der Waals surface area contributed by atoms with Crippen molar-refractivity contribution >= 4 is 11.9 Å². The summed E-state index contributed by atoms with van der Waals surface area (Å²) in [7, 11) is 0. The first-order valence-electron chi connectivity index (χ1n) is 9.91. The Bertz CT molecular complexity index is 832. The van der Waals surface area contributed by atoms with Crippen molar-refractivity contribution in [1.82, 2.24) is 0 Å². The zero-order valence-corrected chi connectivity index (χ0v) is 17.5. The van der Waals surface area contributed by atoms with E-state index in [1.807, 2.05) is 26.8 Å². The Morgan fingerprint density at radius 1 is 0.926 bits per heavy atom. The lowest BCUT2D eigenvalue weighted by Crippen LogP contribution is -2.26. The molecule has 0 saturated carbocycles. The van der Waals surface area contributed by atoms with Crippen molar-refractivity contribution in [2.75, 3.05) is 0 Å². The van der Waals surface area contributed by atoms with Gasteiger partial charge in [-0.05, 0) is 73.1 Å². The van der Waals surface area contributed by atoms with Crippen LogP contribution in [0.15, 0.2) is 36.4 Å². The van der Waals surface area contributed by atoms with Gasteiger partial charge in [-0.25, -0.2) is 0 Å². The molecule has 1 N–H and O–H groups in total. The van der Waals surface area contributed by atoms with Crippen LogP contribution in [-0.4, -0.2) is 10.9 Å². The number of aryl methyl sites for hydroxylation is 3. The average molecular weight is 365 g/mol. The molecule has 0 fully saturated rings. The number of carbonyl (C=O) groups is 1. The third-order valence-corrected chi connectivity index (χ3v) is 5.87. The van der Waals surface area contributed by atoms with Gasteiger partial charge in [0.1, 0.15) is 5.75 Å². The van der Waals surface area contributed by atoms with Gasteiger partial charge < -0.3 is 5.11 Å². The van der Waals surface area contributed by atoms with Gasteiger partial charge in [0, 0.05) is 11.8 Å². The highest BCUT2D eigenvalue weighted by Crippen LogP contribution is 2.41. The van der Waals surface area contributed by atoms with Crippen LogP contribution in [0.2, 0.25) is 0 Å². The largest absolute Gasteiger partial charge is 0.507 e.